The first kappa shape index (κ1) is 17.3. The first-order valence-electron chi connectivity index (χ1n) is 5.15. The summed E-state index contributed by atoms with van der Waals surface area (Å²) in [4.78, 5) is 5.24. The van der Waals surface area contributed by atoms with Gasteiger partial charge in [0.05, 0.1) is 0 Å². The zero-order valence-corrected chi connectivity index (χ0v) is 10.8. The van der Waals surface area contributed by atoms with Crippen molar-refractivity contribution < 1.29 is 12.6 Å². The van der Waals surface area contributed by atoms with Crippen LogP contribution < -0.4 is 0 Å². The molecule has 6 heteroatoms. The average molecular weight is 248 g/mol. The lowest BCUT2D eigenvalue weighted by Gasteiger charge is -2.13. The van der Waals surface area contributed by atoms with E-state index in [0.717, 1.165) is 0 Å². The summed E-state index contributed by atoms with van der Waals surface area (Å²) < 4.78 is 25.3. The van der Waals surface area contributed by atoms with E-state index in [1.807, 2.05) is 24.5 Å². The summed E-state index contributed by atoms with van der Waals surface area (Å²) in [6, 6.07) is 3.89. The molecule has 0 atom stereocenters. The molecule has 0 bridgehead atoms. The van der Waals surface area contributed by atoms with Gasteiger partial charge in [0, 0.05) is 12.4 Å². The topological polar surface area (TPSA) is 70.2 Å². The third-order valence-corrected chi connectivity index (χ3v) is 1.84. The molecule has 0 aliphatic heterocycles. The van der Waals surface area contributed by atoms with Crippen molar-refractivity contribution in [1.29, 1.82) is 0 Å². The molecular formula is C10H20N2O3S. The summed E-state index contributed by atoms with van der Waals surface area (Å²) in [5.41, 5.74) is 0. The van der Waals surface area contributed by atoms with Crippen LogP contribution in [0.2, 0.25) is 0 Å². The molecule has 0 aromatic carbocycles. The monoisotopic (exact) mass is 248 g/mol. The lowest BCUT2D eigenvalue weighted by Crippen LogP contribution is -2.21. The Morgan fingerprint density at radius 2 is 1.25 bits per heavy atom. The zero-order valence-electron chi connectivity index (χ0n) is 10.0. The molecule has 0 fully saturated rings. The second kappa shape index (κ2) is 13.9. The van der Waals surface area contributed by atoms with E-state index < -0.39 is 10.6 Å². The third kappa shape index (κ3) is 18.6. The van der Waals surface area contributed by atoms with Gasteiger partial charge in [-0.05, 0) is 31.8 Å². The van der Waals surface area contributed by atoms with Crippen molar-refractivity contribution in [3.8, 4) is 0 Å². The number of aromatic nitrogens is 1. The van der Waals surface area contributed by atoms with Crippen molar-refractivity contribution >= 4 is 10.6 Å². The van der Waals surface area contributed by atoms with Crippen LogP contribution >= 0.6 is 0 Å². The maximum Gasteiger partial charge on any atom is 0.425 e. The fourth-order valence-electron chi connectivity index (χ4n) is 0.949. The molecule has 0 saturated carbocycles. The summed E-state index contributed by atoms with van der Waals surface area (Å²) in [6.45, 7) is 10.1. The molecule has 0 aliphatic carbocycles. The van der Waals surface area contributed by atoms with E-state index in [1.165, 1.54) is 19.6 Å². The van der Waals surface area contributed by atoms with Crippen LogP contribution in [-0.4, -0.2) is 42.1 Å². The SMILES string of the molecule is CCN(CC)CC.O=S(=O)=O.c1cc[nH]c1. The first-order valence-corrected chi connectivity index (χ1v) is 6.15. The van der Waals surface area contributed by atoms with Gasteiger partial charge < -0.3 is 9.88 Å². The Bertz CT molecular complexity index is 273. The van der Waals surface area contributed by atoms with Gasteiger partial charge in [-0.25, -0.2) is 0 Å². The fourth-order valence-corrected chi connectivity index (χ4v) is 0.949. The fraction of sp³-hybridized carbons (Fsp3) is 0.600. The molecule has 0 aliphatic rings. The van der Waals surface area contributed by atoms with Gasteiger partial charge in [-0.1, -0.05) is 20.8 Å². The van der Waals surface area contributed by atoms with Crippen LogP contribution in [0, 0.1) is 0 Å². The molecule has 0 amide bonds. The van der Waals surface area contributed by atoms with Gasteiger partial charge in [-0.15, -0.1) is 12.6 Å². The molecule has 0 spiro atoms. The van der Waals surface area contributed by atoms with E-state index in [4.69, 9.17) is 12.6 Å². The predicted octanol–water partition coefficient (Wildman–Crippen LogP) is 1.36. The minimum atomic E-state index is -3.11. The van der Waals surface area contributed by atoms with E-state index >= 15 is 0 Å². The molecule has 16 heavy (non-hydrogen) atoms. The minimum absolute atomic E-state index is 1.19. The van der Waals surface area contributed by atoms with Crippen molar-refractivity contribution in [2.75, 3.05) is 19.6 Å². The molecule has 1 aromatic rings. The van der Waals surface area contributed by atoms with Crippen LogP contribution in [0.5, 0.6) is 0 Å². The molecule has 94 valence electrons. The Labute approximate surface area is 98.5 Å². The smallest absolute Gasteiger partial charge is 0.368 e. The number of H-pyrrole nitrogens is 1. The summed E-state index contributed by atoms with van der Waals surface area (Å²) in [7, 11) is -3.11. The largest absolute Gasteiger partial charge is 0.425 e. The summed E-state index contributed by atoms with van der Waals surface area (Å²) in [5.74, 6) is 0. The lowest BCUT2D eigenvalue weighted by molar-refractivity contribution is 0.321. The quantitative estimate of drug-likeness (QED) is 0.876. The molecule has 1 heterocycles. The van der Waals surface area contributed by atoms with Crippen LogP contribution in [0.3, 0.4) is 0 Å². The number of nitrogens with one attached hydrogen (secondary N) is 1. The Morgan fingerprint density at radius 3 is 1.31 bits per heavy atom. The van der Waals surface area contributed by atoms with Crippen LogP contribution in [0.25, 0.3) is 0 Å². The summed E-state index contributed by atoms with van der Waals surface area (Å²) in [5, 5.41) is 0. The number of hydrogen-bond donors (Lipinski definition) is 1. The predicted molar refractivity (Wildman–Crippen MR) is 64.0 cm³/mol. The lowest BCUT2D eigenvalue weighted by atomic mass is 10.5. The summed E-state index contributed by atoms with van der Waals surface area (Å²) in [6.07, 6.45) is 3.75. The van der Waals surface area contributed by atoms with Gasteiger partial charge >= 0.3 is 10.6 Å². The van der Waals surface area contributed by atoms with Crippen molar-refractivity contribution in [1.82, 2.24) is 9.88 Å². The van der Waals surface area contributed by atoms with Crippen LogP contribution in [0.15, 0.2) is 24.5 Å². The molecular weight excluding hydrogens is 228 g/mol. The second-order valence-electron chi connectivity index (χ2n) is 2.71. The molecule has 0 radical (unpaired) electrons. The first-order chi connectivity index (χ1) is 7.58. The van der Waals surface area contributed by atoms with Crippen molar-refractivity contribution in [3.63, 3.8) is 0 Å². The molecule has 5 nitrogen and oxygen atoms in total. The number of aromatic amines is 1. The third-order valence-electron chi connectivity index (χ3n) is 1.84. The number of hydrogen-bond acceptors (Lipinski definition) is 4. The standard InChI is InChI=1S/C6H15N.C4H5N.O3S/c1-4-7(5-2)6-3;1-2-4-5-3-1;1-4(2)3/h4-6H2,1-3H3;1-5H;. The van der Waals surface area contributed by atoms with Crippen molar-refractivity contribution in [3.05, 3.63) is 24.5 Å². The highest BCUT2D eigenvalue weighted by molar-refractivity contribution is 7.59. The Morgan fingerprint density at radius 1 is 0.938 bits per heavy atom. The van der Waals surface area contributed by atoms with Gasteiger partial charge in [0.2, 0.25) is 0 Å². The van der Waals surface area contributed by atoms with Gasteiger partial charge in [0.25, 0.3) is 0 Å². The van der Waals surface area contributed by atoms with Crippen LogP contribution in [0.4, 0.5) is 0 Å². The number of rotatable bonds is 3. The van der Waals surface area contributed by atoms with E-state index in [0.29, 0.717) is 0 Å². The van der Waals surface area contributed by atoms with E-state index in [2.05, 4.69) is 30.7 Å². The van der Waals surface area contributed by atoms with Gasteiger partial charge in [-0.2, -0.15) is 0 Å². The van der Waals surface area contributed by atoms with E-state index in [-0.39, 0.29) is 0 Å². The van der Waals surface area contributed by atoms with Crippen LogP contribution in [0.1, 0.15) is 20.8 Å². The van der Waals surface area contributed by atoms with Gasteiger partial charge in [0.1, 0.15) is 0 Å². The summed E-state index contributed by atoms with van der Waals surface area (Å²) >= 11 is 0. The number of nitrogens with zero attached hydrogens (tertiary/aromatic N) is 1. The maximum atomic E-state index is 8.44. The Hall–Kier alpha value is -1.14. The highest BCUT2D eigenvalue weighted by Crippen LogP contribution is 1.81. The minimum Gasteiger partial charge on any atom is -0.368 e. The molecule has 0 unspecified atom stereocenters. The van der Waals surface area contributed by atoms with E-state index in [9.17, 15) is 0 Å². The van der Waals surface area contributed by atoms with E-state index in [1.54, 1.807) is 0 Å². The van der Waals surface area contributed by atoms with Crippen molar-refractivity contribution in [2.45, 2.75) is 20.8 Å². The molecule has 1 N–H and O–H groups in total. The molecule has 0 saturated heterocycles. The van der Waals surface area contributed by atoms with Gasteiger partial charge in [0.15, 0.2) is 0 Å². The highest BCUT2D eigenvalue weighted by atomic mass is 32.2. The zero-order chi connectivity index (χ0) is 12.8. The maximum absolute atomic E-state index is 8.44. The highest BCUT2D eigenvalue weighted by Gasteiger charge is 1.89. The second-order valence-corrected chi connectivity index (χ2v) is 3.12. The average Bonchev–Trinajstić information content (AvgIpc) is 2.77. The van der Waals surface area contributed by atoms with Crippen LogP contribution in [-0.2, 0) is 10.6 Å². The Balaban J connectivity index is 0. The van der Waals surface area contributed by atoms with Gasteiger partial charge in [-0.3, -0.25) is 0 Å². The van der Waals surface area contributed by atoms with Crippen molar-refractivity contribution in [2.24, 2.45) is 0 Å². The molecule has 1 rings (SSSR count). The normalized spacial score (nSPS) is 8.50. The molecule has 1 aromatic heterocycles. The Kier molecular flexibility index (Phi) is 15.0.